The third-order valence-corrected chi connectivity index (χ3v) is 7.35. The molecule has 33 heavy (non-hydrogen) atoms. The molecule has 3 aromatic rings. The summed E-state index contributed by atoms with van der Waals surface area (Å²) in [6.45, 7) is 6.60. The number of anilines is 1. The van der Waals surface area contributed by atoms with Crippen LogP contribution in [0.5, 0.6) is 0 Å². The molecule has 0 amide bonds. The largest absolute Gasteiger partial charge is 0.371 e. The first-order valence-electron chi connectivity index (χ1n) is 12.0. The fourth-order valence-electron chi connectivity index (χ4n) is 4.81. The van der Waals surface area contributed by atoms with Gasteiger partial charge in [0.05, 0.1) is 0 Å². The Morgan fingerprint density at radius 3 is 2.30 bits per heavy atom. The average molecular weight is 440 g/mol. The van der Waals surface area contributed by atoms with E-state index in [4.69, 9.17) is 0 Å². The number of likely N-dealkylation sites (N-methyl/N-ethyl adjacent to an activating group) is 1. The van der Waals surface area contributed by atoms with Gasteiger partial charge in [-0.3, -0.25) is 0 Å². The van der Waals surface area contributed by atoms with Crippen molar-refractivity contribution in [3.63, 3.8) is 0 Å². The van der Waals surface area contributed by atoms with E-state index in [1.165, 1.54) is 51.3 Å². The Balaban J connectivity index is 0.000000118. The van der Waals surface area contributed by atoms with Crippen LogP contribution in [0, 0.1) is 13.8 Å². The number of hydrogen-bond acceptors (Lipinski definition) is 1. The number of para-hydroxylation sites is 1. The molecule has 3 nitrogen and oxygen atoms in total. The second-order valence-electron chi connectivity index (χ2n) is 9.40. The van der Waals surface area contributed by atoms with Crippen molar-refractivity contribution >= 4 is 17.8 Å². The van der Waals surface area contributed by atoms with Crippen molar-refractivity contribution in [2.24, 2.45) is 14.1 Å². The standard InChI is InChI=1S/2C10H12N.C10H13N/c2*1-8-10-5-3-4-9(10)6-7-11(8)2;1-8-7-9-5-3-4-6-10(9)11(8)2/h3,5-7H,4H2,1-2H3;3-4,6-7H,5H2,1-2H3;3-6,8H,7H2,1-2H3/q2*+1;. The summed E-state index contributed by atoms with van der Waals surface area (Å²) in [6.07, 6.45) is 16.5. The van der Waals surface area contributed by atoms with Crippen molar-refractivity contribution in [2.45, 2.75) is 46.1 Å². The summed E-state index contributed by atoms with van der Waals surface area (Å²) in [4.78, 5) is 2.34. The first-order valence-corrected chi connectivity index (χ1v) is 12.0. The molecule has 1 aromatic carbocycles. The molecule has 3 heterocycles. The monoisotopic (exact) mass is 439 g/mol. The Kier molecular flexibility index (Phi) is 6.78. The van der Waals surface area contributed by atoms with E-state index in [1.54, 1.807) is 0 Å². The van der Waals surface area contributed by atoms with Crippen LogP contribution < -0.4 is 14.0 Å². The van der Waals surface area contributed by atoms with E-state index < -0.39 is 0 Å². The first-order chi connectivity index (χ1) is 15.9. The summed E-state index contributed by atoms with van der Waals surface area (Å²) in [5, 5.41) is 0. The number of aryl methyl sites for hydroxylation is 2. The molecule has 170 valence electrons. The average Bonchev–Trinajstić information content (AvgIpc) is 3.55. The molecule has 0 radical (unpaired) electrons. The molecule has 1 unspecified atom stereocenters. The summed E-state index contributed by atoms with van der Waals surface area (Å²) in [5.41, 5.74) is 11.4. The number of fused-ring (bicyclic) bond motifs is 3. The number of rotatable bonds is 0. The molecule has 0 saturated heterocycles. The summed E-state index contributed by atoms with van der Waals surface area (Å²) in [5.74, 6) is 0. The zero-order valence-corrected chi connectivity index (χ0v) is 21.0. The number of aromatic nitrogens is 2. The van der Waals surface area contributed by atoms with Crippen LogP contribution in [-0.2, 0) is 33.4 Å². The Hall–Kier alpha value is -3.20. The van der Waals surface area contributed by atoms with Crippen molar-refractivity contribution < 1.29 is 9.13 Å². The molecule has 1 aliphatic heterocycles. The molecule has 2 aliphatic carbocycles. The van der Waals surface area contributed by atoms with Gasteiger partial charge in [0.1, 0.15) is 14.1 Å². The molecule has 3 heteroatoms. The van der Waals surface area contributed by atoms with Crippen LogP contribution >= 0.6 is 0 Å². The van der Waals surface area contributed by atoms with E-state index in [9.17, 15) is 0 Å². The minimum atomic E-state index is 0.674. The highest BCUT2D eigenvalue weighted by Crippen LogP contribution is 2.29. The predicted molar refractivity (Wildman–Crippen MR) is 138 cm³/mol. The van der Waals surface area contributed by atoms with E-state index in [1.807, 2.05) is 0 Å². The molecular weight excluding hydrogens is 402 g/mol. The highest BCUT2D eigenvalue weighted by atomic mass is 15.1. The highest BCUT2D eigenvalue weighted by Gasteiger charge is 2.21. The van der Waals surface area contributed by atoms with Crippen molar-refractivity contribution in [3.05, 3.63) is 100 Å². The van der Waals surface area contributed by atoms with Gasteiger partial charge in [-0.25, -0.2) is 9.13 Å². The van der Waals surface area contributed by atoms with Crippen LogP contribution in [-0.4, -0.2) is 13.1 Å². The fourth-order valence-corrected chi connectivity index (χ4v) is 4.81. The Labute approximate surface area is 199 Å². The zero-order chi connectivity index (χ0) is 23.5. The fraction of sp³-hybridized carbons (Fsp3) is 0.333. The van der Waals surface area contributed by atoms with Crippen molar-refractivity contribution in [1.82, 2.24) is 0 Å². The van der Waals surface area contributed by atoms with Crippen LogP contribution in [0.1, 0.15) is 46.1 Å². The summed E-state index contributed by atoms with van der Waals surface area (Å²) >= 11 is 0. The molecule has 0 N–H and O–H groups in total. The summed E-state index contributed by atoms with van der Waals surface area (Å²) in [7, 11) is 6.34. The van der Waals surface area contributed by atoms with Gasteiger partial charge in [0.25, 0.3) is 0 Å². The normalized spacial score (nSPS) is 16.4. The second-order valence-corrected chi connectivity index (χ2v) is 9.40. The van der Waals surface area contributed by atoms with E-state index >= 15 is 0 Å². The van der Waals surface area contributed by atoms with E-state index in [0.29, 0.717) is 6.04 Å². The maximum atomic E-state index is 2.34. The minimum absolute atomic E-state index is 0.674. The van der Waals surface area contributed by atoms with Gasteiger partial charge >= 0.3 is 0 Å². The Bertz CT molecular complexity index is 1220. The Morgan fingerprint density at radius 2 is 1.52 bits per heavy atom. The number of allylic oxidation sites excluding steroid dienone is 2. The van der Waals surface area contributed by atoms with Crippen molar-refractivity contribution in [1.29, 1.82) is 0 Å². The minimum Gasteiger partial charge on any atom is -0.371 e. The van der Waals surface area contributed by atoms with E-state index in [2.05, 4.69) is 129 Å². The third-order valence-electron chi connectivity index (χ3n) is 7.35. The van der Waals surface area contributed by atoms with Crippen LogP contribution in [0.2, 0.25) is 0 Å². The number of benzene rings is 1. The highest BCUT2D eigenvalue weighted by molar-refractivity contribution is 5.61. The summed E-state index contributed by atoms with van der Waals surface area (Å²) in [6, 6.07) is 13.7. The lowest BCUT2D eigenvalue weighted by Gasteiger charge is -2.17. The number of nitrogens with zero attached hydrogens (tertiary/aromatic N) is 3. The molecular formula is C30H37N3+2. The van der Waals surface area contributed by atoms with Gasteiger partial charge in [-0.05, 0) is 48.9 Å². The van der Waals surface area contributed by atoms with Crippen LogP contribution in [0.4, 0.5) is 5.69 Å². The van der Waals surface area contributed by atoms with Crippen LogP contribution in [0.25, 0.3) is 12.2 Å². The molecule has 0 fully saturated rings. The van der Waals surface area contributed by atoms with Gasteiger partial charge < -0.3 is 4.90 Å². The number of hydrogen-bond donors (Lipinski definition) is 0. The predicted octanol–water partition coefficient (Wildman–Crippen LogP) is 4.85. The maximum Gasteiger partial charge on any atom is 0.185 e. The SMILES string of the molecule is CC1Cc2ccccc2N1C.Cc1c2c(cc[n+]1C)C=CC2.Cc1c2c(cc[n+]1C)CC=C2. The third kappa shape index (κ3) is 4.78. The first kappa shape index (κ1) is 23.0. The zero-order valence-electron chi connectivity index (χ0n) is 21.0. The lowest BCUT2D eigenvalue weighted by atomic mass is 10.1. The van der Waals surface area contributed by atoms with Gasteiger partial charge in [0.2, 0.25) is 0 Å². The molecule has 0 saturated carbocycles. The van der Waals surface area contributed by atoms with Crippen molar-refractivity contribution in [2.75, 3.05) is 11.9 Å². The molecule has 6 rings (SSSR count). The molecule has 2 aromatic heterocycles. The van der Waals surface area contributed by atoms with Gasteiger partial charge in [-0.1, -0.05) is 42.5 Å². The van der Waals surface area contributed by atoms with E-state index in [-0.39, 0.29) is 0 Å². The maximum absolute atomic E-state index is 2.34. The van der Waals surface area contributed by atoms with E-state index in [0.717, 1.165) is 12.8 Å². The van der Waals surface area contributed by atoms with Gasteiger partial charge in [-0.2, -0.15) is 0 Å². The molecule has 0 spiro atoms. The molecule has 1 atom stereocenters. The Morgan fingerprint density at radius 1 is 0.818 bits per heavy atom. The van der Waals surface area contributed by atoms with Crippen molar-refractivity contribution in [3.8, 4) is 0 Å². The smallest absolute Gasteiger partial charge is 0.185 e. The molecule has 3 aliphatic rings. The van der Waals surface area contributed by atoms with Gasteiger partial charge in [-0.15, -0.1) is 0 Å². The molecule has 0 bridgehead atoms. The lowest BCUT2D eigenvalue weighted by molar-refractivity contribution is -0.678. The summed E-state index contributed by atoms with van der Waals surface area (Å²) < 4.78 is 4.33. The second kappa shape index (κ2) is 9.74. The number of pyridine rings is 2. The van der Waals surface area contributed by atoms with Crippen LogP contribution in [0.3, 0.4) is 0 Å². The van der Waals surface area contributed by atoms with Crippen LogP contribution in [0.15, 0.2) is 60.9 Å². The topological polar surface area (TPSA) is 11.0 Å². The quantitative estimate of drug-likeness (QED) is 0.456. The lowest BCUT2D eigenvalue weighted by Crippen LogP contribution is -2.32. The van der Waals surface area contributed by atoms with Gasteiger partial charge in [0, 0.05) is 55.9 Å². The van der Waals surface area contributed by atoms with Gasteiger partial charge in [0.15, 0.2) is 23.8 Å².